The third-order valence-corrected chi connectivity index (χ3v) is 4.06. The number of benzene rings is 1. The predicted molar refractivity (Wildman–Crippen MR) is 76.8 cm³/mol. The lowest BCUT2D eigenvalue weighted by molar-refractivity contribution is -0.115. The zero-order valence-electron chi connectivity index (χ0n) is 11.6. The third kappa shape index (κ3) is 2.29. The van der Waals surface area contributed by atoms with Gasteiger partial charge in [0.2, 0.25) is 5.91 Å². The predicted octanol–water partition coefficient (Wildman–Crippen LogP) is 1.01. The maximum atomic E-state index is 12.6. The van der Waals surface area contributed by atoms with Crippen molar-refractivity contribution >= 4 is 17.5 Å². The van der Waals surface area contributed by atoms with E-state index in [0.717, 1.165) is 37.2 Å². The molecule has 2 heterocycles. The SMILES string of the molecule is CNCC1CCCN1C(=O)c1ccc2c(c1)NC(=O)C2. The lowest BCUT2D eigenvalue weighted by Crippen LogP contribution is -2.40. The van der Waals surface area contributed by atoms with Crippen LogP contribution < -0.4 is 10.6 Å². The van der Waals surface area contributed by atoms with E-state index in [2.05, 4.69) is 10.6 Å². The highest BCUT2D eigenvalue weighted by atomic mass is 16.2. The van der Waals surface area contributed by atoms with Gasteiger partial charge >= 0.3 is 0 Å². The highest BCUT2D eigenvalue weighted by Gasteiger charge is 2.29. The molecule has 1 aromatic carbocycles. The summed E-state index contributed by atoms with van der Waals surface area (Å²) in [5.41, 5.74) is 2.42. The Morgan fingerprint density at radius 3 is 3.15 bits per heavy atom. The van der Waals surface area contributed by atoms with Crippen LogP contribution in [-0.4, -0.2) is 42.9 Å². The van der Waals surface area contributed by atoms with Crippen molar-refractivity contribution in [3.05, 3.63) is 29.3 Å². The zero-order valence-corrected chi connectivity index (χ0v) is 11.6. The first-order valence-corrected chi connectivity index (χ1v) is 7.07. The van der Waals surface area contributed by atoms with Crippen LogP contribution in [0.3, 0.4) is 0 Å². The average molecular weight is 273 g/mol. The summed E-state index contributed by atoms with van der Waals surface area (Å²) in [6.45, 7) is 1.64. The smallest absolute Gasteiger partial charge is 0.254 e. The van der Waals surface area contributed by atoms with E-state index in [-0.39, 0.29) is 17.9 Å². The van der Waals surface area contributed by atoms with Crippen molar-refractivity contribution in [2.45, 2.75) is 25.3 Å². The van der Waals surface area contributed by atoms with Crippen LogP contribution in [-0.2, 0) is 11.2 Å². The zero-order chi connectivity index (χ0) is 14.1. The van der Waals surface area contributed by atoms with Gasteiger partial charge in [0, 0.05) is 30.4 Å². The minimum absolute atomic E-state index is 0.00108. The molecule has 1 saturated heterocycles. The first-order valence-electron chi connectivity index (χ1n) is 7.07. The van der Waals surface area contributed by atoms with E-state index in [4.69, 9.17) is 0 Å². The van der Waals surface area contributed by atoms with Crippen LogP contribution in [0.4, 0.5) is 5.69 Å². The van der Waals surface area contributed by atoms with Crippen LogP contribution in [0.25, 0.3) is 0 Å². The van der Waals surface area contributed by atoms with Crippen molar-refractivity contribution in [1.82, 2.24) is 10.2 Å². The molecular formula is C15H19N3O2. The van der Waals surface area contributed by atoms with Crippen molar-refractivity contribution in [2.75, 3.05) is 25.5 Å². The van der Waals surface area contributed by atoms with E-state index in [1.54, 1.807) is 6.07 Å². The molecule has 3 rings (SSSR count). The maximum Gasteiger partial charge on any atom is 0.254 e. The standard InChI is InChI=1S/C15H19N3O2/c1-16-9-12-3-2-6-18(12)15(20)11-5-4-10-8-14(19)17-13(10)7-11/h4-5,7,12,16H,2-3,6,8-9H2,1H3,(H,17,19). The highest BCUT2D eigenvalue weighted by molar-refractivity contribution is 6.02. The van der Waals surface area contributed by atoms with Gasteiger partial charge < -0.3 is 15.5 Å². The number of hydrogen-bond acceptors (Lipinski definition) is 3. The summed E-state index contributed by atoms with van der Waals surface area (Å²) < 4.78 is 0. The number of carbonyl (C=O) groups is 2. The Kier molecular flexibility index (Phi) is 3.44. The molecule has 1 unspecified atom stereocenters. The molecule has 5 nitrogen and oxygen atoms in total. The van der Waals surface area contributed by atoms with Gasteiger partial charge in [-0.2, -0.15) is 0 Å². The number of rotatable bonds is 3. The summed E-state index contributed by atoms with van der Waals surface area (Å²) in [7, 11) is 1.91. The average Bonchev–Trinajstić information content (AvgIpc) is 3.02. The normalized spacial score (nSPS) is 20.9. The topological polar surface area (TPSA) is 61.4 Å². The number of anilines is 1. The van der Waals surface area contributed by atoms with Gasteiger partial charge in [0.25, 0.3) is 5.91 Å². The quantitative estimate of drug-likeness (QED) is 0.864. The Hall–Kier alpha value is -1.88. The van der Waals surface area contributed by atoms with E-state index in [1.807, 2.05) is 24.1 Å². The van der Waals surface area contributed by atoms with Gasteiger partial charge in [0.15, 0.2) is 0 Å². The summed E-state index contributed by atoms with van der Waals surface area (Å²) in [4.78, 5) is 25.9. The second kappa shape index (κ2) is 5.25. The molecule has 5 heteroatoms. The van der Waals surface area contributed by atoms with Crippen molar-refractivity contribution in [3.63, 3.8) is 0 Å². The summed E-state index contributed by atoms with van der Waals surface area (Å²) in [5, 5.41) is 5.94. The fourth-order valence-electron chi connectivity index (χ4n) is 3.06. The largest absolute Gasteiger partial charge is 0.334 e. The van der Waals surface area contributed by atoms with Gasteiger partial charge in [0.05, 0.1) is 6.42 Å². The Morgan fingerprint density at radius 2 is 2.35 bits per heavy atom. The molecule has 0 radical (unpaired) electrons. The number of carbonyl (C=O) groups excluding carboxylic acids is 2. The molecule has 2 aliphatic rings. The number of fused-ring (bicyclic) bond motifs is 1. The van der Waals surface area contributed by atoms with Gasteiger partial charge in [-0.1, -0.05) is 6.07 Å². The number of nitrogens with zero attached hydrogens (tertiary/aromatic N) is 1. The molecule has 20 heavy (non-hydrogen) atoms. The van der Waals surface area contributed by atoms with Crippen molar-refractivity contribution in [1.29, 1.82) is 0 Å². The van der Waals surface area contributed by atoms with Crippen LogP contribution >= 0.6 is 0 Å². The van der Waals surface area contributed by atoms with Gasteiger partial charge in [-0.05, 0) is 37.6 Å². The van der Waals surface area contributed by atoms with Crippen molar-refractivity contribution in [2.24, 2.45) is 0 Å². The van der Waals surface area contributed by atoms with Crippen LogP contribution in [0.2, 0.25) is 0 Å². The van der Waals surface area contributed by atoms with Crippen LogP contribution in [0.5, 0.6) is 0 Å². The molecule has 0 spiro atoms. The molecule has 0 saturated carbocycles. The van der Waals surface area contributed by atoms with E-state index in [9.17, 15) is 9.59 Å². The first-order chi connectivity index (χ1) is 9.69. The molecular weight excluding hydrogens is 254 g/mol. The molecule has 2 aliphatic heterocycles. The number of likely N-dealkylation sites (N-methyl/N-ethyl adjacent to an activating group) is 1. The number of hydrogen-bond donors (Lipinski definition) is 2. The Balaban J connectivity index is 1.81. The Morgan fingerprint density at radius 1 is 1.50 bits per heavy atom. The van der Waals surface area contributed by atoms with Gasteiger partial charge in [-0.3, -0.25) is 9.59 Å². The van der Waals surface area contributed by atoms with E-state index >= 15 is 0 Å². The fraction of sp³-hybridized carbons (Fsp3) is 0.467. The van der Waals surface area contributed by atoms with E-state index in [0.29, 0.717) is 12.0 Å². The highest BCUT2D eigenvalue weighted by Crippen LogP contribution is 2.26. The minimum Gasteiger partial charge on any atom is -0.334 e. The van der Waals surface area contributed by atoms with Crippen LogP contribution in [0, 0.1) is 0 Å². The molecule has 2 amide bonds. The van der Waals surface area contributed by atoms with Gasteiger partial charge in [0.1, 0.15) is 0 Å². The molecule has 2 N–H and O–H groups in total. The summed E-state index contributed by atoms with van der Waals surface area (Å²) in [6, 6.07) is 5.78. The fourth-order valence-corrected chi connectivity index (χ4v) is 3.06. The molecule has 1 atom stereocenters. The Labute approximate surface area is 118 Å². The summed E-state index contributed by atoms with van der Waals surface area (Å²) in [5.74, 6) is 0.0607. The molecule has 0 aliphatic carbocycles. The van der Waals surface area contributed by atoms with Gasteiger partial charge in [-0.15, -0.1) is 0 Å². The van der Waals surface area contributed by atoms with Gasteiger partial charge in [-0.25, -0.2) is 0 Å². The van der Waals surface area contributed by atoms with Crippen molar-refractivity contribution in [3.8, 4) is 0 Å². The lowest BCUT2D eigenvalue weighted by atomic mass is 10.1. The molecule has 1 aromatic rings. The molecule has 1 fully saturated rings. The summed E-state index contributed by atoms with van der Waals surface area (Å²) >= 11 is 0. The molecule has 106 valence electrons. The summed E-state index contributed by atoms with van der Waals surface area (Å²) in [6.07, 6.45) is 2.52. The molecule has 0 bridgehead atoms. The minimum atomic E-state index is -0.00108. The van der Waals surface area contributed by atoms with Crippen LogP contribution in [0.1, 0.15) is 28.8 Å². The lowest BCUT2D eigenvalue weighted by Gasteiger charge is -2.24. The molecule has 0 aromatic heterocycles. The monoisotopic (exact) mass is 273 g/mol. The third-order valence-electron chi connectivity index (χ3n) is 4.06. The Bertz CT molecular complexity index is 556. The second-order valence-electron chi connectivity index (χ2n) is 5.45. The van der Waals surface area contributed by atoms with Crippen molar-refractivity contribution < 1.29 is 9.59 Å². The first kappa shape index (κ1) is 13.1. The van der Waals surface area contributed by atoms with Crippen LogP contribution in [0.15, 0.2) is 18.2 Å². The number of likely N-dealkylation sites (tertiary alicyclic amines) is 1. The van der Waals surface area contributed by atoms with E-state index in [1.165, 1.54) is 0 Å². The second-order valence-corrected chi connectivity index (χ2v) is 5.45. The number of nitrogens with one attached hydrogen (secondary N) is 2. The maximum absolute atomic E-state index is 12.6. The number of amides is 2. The van der Waals surface area contributed by atoms with E-state index < -0.39 is 0 Å².